The molecule has 32 heavy (non-hydrogen) atoms. The molecule has 1 aliphatic heterocycles. The largest absolute Gasteiger partial charge is 0.337 e. The van der Waals surface area contributed by atoms with Gasteiger partial charge in [-0.05, 0) is 55.0 Å². The van der Waals surface area contributed by atoms with Crippen molar-refractivity contribution < 1.29 is 4.79 Å². The van der Waals surface area contributed by atoms with E-state index in [1.54, 1.807) is 23.5 Å². The number of halogens is 1. The zero-order valence-corrected chi connectivity index (χ0v) is 19.3. The lowest BCUT2D eigenvalue weighted by Crippen LogP contribution is -2.48. The summed E-state index contributed by atoms with van der Waals surface area (Å²) in [5.41, 5.74) is 2.11. The van der Waals surface area contributed by atoms with E-state index in [0.717, 1.165) is 48.1 Å². The molecule has 5 rings (SSSR count). The van der Waals surface area contributed by atoms with Crippen molar-refractivity contribution in [3.8, 4) is 0 Å². The number of carbonyl (C=O) groups is 1. The Morgan fingerprint density at radius 3 is 2.81 bits per heavy atom. The minimum atomic E-state index is -0.00985. The second-order valence-corrected chi connectivity index (χ2v) is 9.91. The van der Waals surface area contributed by atoms with Crippen molar-refractivity contribution in [1.82, 2.24) is 19.8 Å². The number of rotatable bonds is 4. The molecule has 0 unspecified atom stereocenters. The number of H-pyrrole nitrogens is 1. The van der Waals surface area contributed by atoms with Gasteiger partial charge in [0.2, 0.25) is 5.91 Å². The zero-order chi connectivity index (χ0) is 22.1. The van der Waals surface area contributed by atoms with Crippen LogP contribution in [0.1, 0.15) is 34.7 Å². The molecule has 2 aliphatic rings. The van der Waals surface area contributed by atoms with Crippen LogP contribution in [0.4, 0.5) is 0 Å². The number of hydrogen-bond acceptors (Lipinski definition) is 5. The van der Waals surface area contributed by atoms with Crippen molar-refractivity contribution in [1.29, 1.82) is 0 Å². The summed E-state index contributed by atoms with van der Waals surface area (Å²) in [5, 5.41) is 1.45. The van der Waals surface area contributed by atoms with Crippen LogP contribution in [0, 0.1) is 0 Å². The number of aromatic nitrogens is 2. The molecule has 166 valence electrons. The lowest BCUT2D eigenvalue weighted by atomic mass is 9.97. The number of nitrogens with one attached hydrogen (secondary N) is 1. The summed E-state index contributed by atoms with van der Waals surface area (Å²) in [6.07, 6.45) is 7.80. The smallest absolute Gasteiger partial charge is 0.259 e. The molecule has 1 N–H and O–H groups in total. The highest BCUT2D eigenvalue weighted by molar-refractivity contribution is 7.18. The third-order valence-electron chi connectivity index (χ3n) is 6.20. The molecular weight excluding hydrogens is 444 g/mol. The Kier molecular flexibility index (Phi) is 6.13. The van der Waals surface area contributed by atoms with E-state index in [0.29, 0.717) is 30.5 Å². The molecule has 1 fully saturated rings. The topological polar surface area (TPSA) is 69.3 Å². The first-order valence-corrected chi connectivity index (χ1v) is 12.2. The summed E-state index contributed by atoms with van der Waals surface area (Å²) >= 11 is 7.68. The standard InChI is InChI=1S/C24H25ClN4O2S/c25-17-5-3-4-16(14-17)8-9-21(30)29-12-10-28(11-13-29)15-20-26-23(31)22-18-6-1-2-7-19(18)32-24(22)27-20/h3-5,8-9,14H,1-2,6-7,10-13,15H2,(H,26,27,31)/b9-8+. The van der Waals surface area contributed by atoms with Gasteiger partial charge in [0.25, 0.3) is 5.56 Å². The molecular formula is C24H25ClN4O2S. The van der Waals surface area contributed by atoms with Crippen LogP contribution in [0.3, 0.4) is 0 Å². The average Bonchev–Trinajstić information content (AvgIpc) is 3.17. The predicted molar refractivity (Wildman–Crippen MR) is 129 cm³/mol. The molecule has 3 heterocycles. The highest BCUT2D eigenvalue weighted by atomic mass is 35.5. The van der Waals surface area contributed by atoms with Crippen LogP contribution in [0.5, 0.6) is 0 Å². The number of aromatic amines is 1. The molecule has 1 aromatic carbocycles. The van der Waals surface area contributed by atoms with Crippen LogP contribution >= 0.6 is 22.9 Å². The van der Waals surface area contributed by atoms with Gasteiger partial charge in [-0.2, -0.15) is 0 Å². The number of hydrogen-bond donors (Lipinski definition) is 1. The summed E-state index contributed by atoms with van der Waals surface area (Å²) in [6, 6.07) is 7.43. The Morgan fingerprint density at radius 1 is 1.19 bits per heavy atom. The molecule has 0 radical (unpaired) electrons. The van der Waals surface area contributed by atoms with Gasteiger partial charge >= 0.3 is 0 Å². The van der Waals surface area contributed by atoms with Gasteiger partial charge in [-0.1, -0.05) is 23.7 Å². The van der Waals surface area contributed by atoms with Crippen LogP contribution in [-0.4, -0.2) is 51.9 Å². The van der Waals surface area contributed by atoms with Gasteiger partial charge in [0.15, 0.2) is 0 Å². The number of benzene rings is 1. The second kappa shape index (κ2) is 9.17. The van der Waals surface area contributed by atoms with Crippen molar-refractivity contribution in [3.63, 3.8) is 0 Å². The van der Waals surface area contributed by atoms with Gasteiger partial charge in [0.1, 0.15) is 10.7 Å². The first-order valence-electron chi connectivity index (χ1n) is 11.1. The Labute approximate surface area is 195 Å². The number of fused-ring (bicyclic) bond motifs is 3. The molecule has 6 nitrogen and oxygen atoms in total. The third kappa shape index (κ3) is 4.51. The summed E-state index contributed by atoms with van der Waals surface area (Å²) in [4.78, 5) is 39.4. The Morgan fingerprint density at radius 2 is 2.00 bits per heavy atom. The normalized spacial score (nSPS) is 17.2. The van der Waals surface area contributed by atoms with E-state index in [-0.39, 0.29) is 11.5 Å². The molecule has 1 amide bonds. The monoisotopic (exact) mass is 468 g/mol. The van der Waals surface area contributed by atoms with Crippen molar-refractivity contribution >= 4 is 45.1 Å². The molecule has 8 heteroatoms. The SMILES string of the molecule is O=C(/C=C/c1cccc(Cl)c1)N1CCN(Cc2nc3sc4c(c3c(=O)[nH]2)CCCC4)CC1. The second-order valence-electron chi connectivity index (χ2n) is 8.39. The average molecular weight is 469 g/mol. The number of carbonyl (C=O) groups excluding carboxylic acids is 1. The van der Waals surface area contributed by atoms with E-state index < -0.39 is 0 Å². The van der Waals surface area contributed by atoms with Crippen molar-refractivity contribution in [2.24, 2.45) is 0 Å². The maximum absolute atomic E-state index is 12.7. The van der Waals surface area contributed by atoms with Gasteiger partial charge in [-0.3, -0.25) is 14.5 Å². The van der Waals surface area contributed by atoms with E-state index in [4.69, 9.17) is 16.6 Å². The number of amides is 1. The van der Waals surface area contributed by atoms with E-state index >= 15 is 0 Å². The van der Waals surface area contributed by atoms with Gasteiger partial charge in [-0.25, -0.2) is 4.98 Å². The van der Waals surface area contributed by atoms with Gasteiger partial charge in [0, 0.05) is 42.2 Å². The van der Waals surface area contributed by atoms with E-state index in [1.807, 2.05) is 29.2 Å². The number of nitrogens with zero attached hydrogens (tertiary/aromatic N) is 3. The maximum atomic E-state index is 12.7. The Balaban J connectivity index is 1.21. The molecule has 0 saturated carbocycles. The molecule has 1 saturated heterocycles. The minimum absolute atomic E-state index is 0.00161. The quantitative estimate of drug-likeness (QED) is 0.590. The minimum Gasteiger partial charge on any atom is -0.337 e. The van der Waals surface area contributed by atoms with Crippen LogP contribution < -0.4 is 5.56 Å². The van der Waals surface area contributed by atoms with Crippen molar-refractivity contribution in [3.05, 3.63) is 67.5 Å². The number of thiophene rings is 1. The van der Waals surface area contributed by atoms with Crippen LogP contribution in [-0.2, 0) is 24.2 Å². The van der Waals surface area contributed by atoms with Crippen molar-refractivity contribution in [2.75, 3.05) is 26.2 Å². The van der Waals surface area contributed by atoms with Gasteiger partial charge in [-0.15, -0.1) is 11.3 Å². The fraction of sp³-hybridized carbons (Fsp3) is 0.375. The van der Waals surface area contributed by atoms with Crippen LogP contribution in [0.25, 0.3) is 16.3 Å². The maximum Gasteiger partial charge on any atom is 0.259 e. The summed E-state index contributed by atoms with van der Waals surface area (Å²) < 4.78 is 0. The number of aryl methyl sites for hydroxylation is 2. The Hall–Kier alpha value is -2.48. The van der Waals surface area contributed by atoms with E-state index in [9.17, 15) is 9.59 Å². The third-order valence-corrected chi connectivity index (χ3v) is 7.62. The molecule has 1 aliphatic carbocycles. The fourth-order valence-electron chi connectivity index (χ4n) is 4.50. The summed E-state index contributed by atoms with van der Waals surface area (Å²) in [5.74, 6) is 0.712. The van der Waals surface area contributed by atoms with Gasteiger partial charge in [0.05, 0.1) is 11.9 Å². The van der Waals surface area contributed by atoms with E-state index in [2.05, 4.69) is 9.88 Å². The number of piperazine rings is 1. The molecule has 0 atom stereocenters. The highest BCUT2D eigenvalue weighted by Gasteiger charge is 2.22. The lowest BCUT2D eigenvalue weighted by Gasteiger charge is -2.33. The predicted octanol–water partition coefficient (Wildman–Crippen LogP) is 3.87. The van der Waals surface area contributed by atoms with Crippen molar-refractivity contribution in [2.45, 2.75) is 32.2 Å². The van der Waals surface area contributed by atoms with Gasteiger partial charge < -0.3 is 9.88 Å². The highest BCUT2D eigenvalue weighted by Crippen LogP contribution is 2.33. The molecule has 0 spiro atoms. The fourth-order valence-corrected chi connectivity index (χ4v) is 5.98. The molecule has 2 aromatic heterocycles. The lowest BCUT2D eigenvalue weighted by molar-refractivity contribution is -0.127. The summed E-state index contributed by atoms with van der Waals surface area (Å²) in [6.45, 7) is 3.39. The summed E-state index contributed by atoms with van der Waals surface area (Å²) in [7, 11) is 0. The van der Waals surface area contributed by atoms with Crippen LogP contribution in [0.15, 0.2) is 35.1 Å². The Bertz CT molecular complexity index is 1240. The first kappa shape index (κ1) is 21.4. The zero-order valence-electron chi connectivity index (χ0n) is 17.8. The first-order chi connectivity index (χ1) is 15.6. The molecule has 0 bridgehead atoms. The molecule has 3 aromatic rings. The van der Waals surface area contributed by atoms with E-state index in [1.165, 1.54) is 16.9 Å². The van der Waals surface area contributed by atoms with Crippen LogP contribution in [0.2, 0.25) is 5.02 Å².